The first-order valence-corrected chi connectivity index (χ1v) is 4.09. The second-order valence-electron chi connectivity index (χ2n) is 1.33. The Hall–Kier alpha value is -0.0300. The number of hydrogen-bond donors (Lipinski definition) is 1. The predicted octanol–water partition coefficient (Wildman–Crippen LogP) is 2.07. The van der Waals surface area contributed by atoms with Crippen LogP contribution in [0, 0.1) is 0 Å². The molecule has 0 rings (SSSR count). The number of carbonyl (C=O) groups is 1. The van der Waals surface area contributed by atoms with Crippen molar-refractivity contribution in [3.63, 3.8) is 0 Å². The molecule has 0 aromatic carbocycles. The van der Waals surface area contributed by atoms with Crippen molar-refractivity contribution >= 4 is 37.8 Å². The molecule has 10 heavy (non-hydrogen) atoms. The molecule has 0 aliphatic heterocycles. The second kappa shape index (κ2) is 4.73. The van der Waals surface area contributed by atoms with Gasteiger partial charge in [-0.25, -0.2) is 4.79 Å². The summed E-state index contributed by atoms with van der Waals surface area (Å²) in [5.41, 5.74) is 0. The summed E-state index contributed by atoms with van der Waals surface area (Å²) in [7, 11) is 0. The SMILES string of the molecule is CCOC(=O)C(O)=C(Br)Br. The minimum absolute atomic E-state index is 0.193. The highest BCUT2D eigenvalue weighted by Crippen LogP contribution is 2.17. The molecular formula is C5H6Br2O3. The quantitative estimate of drug-likeness (QED) is 0.476. The standard InChI is InChI=1S/C5H6Br2O3/c1-2-10-5(9)3(8)4(6)7/h8H,2H2,1H3. The number of ether oxygens (including phenoxy) is 1. The Morgan fingerprint density at radius 1 is 1.60 bits per heavy atom. The van der Waals surface area contributed by atoms with Crippen molar-refractivity contribution in [2.75, 3.05) is 6.61 Å². The predicted molar refractivity (Wildman–Crippen MR) is 44.1 cm³/mol. The fourth-order valence-electron chi connectivity index (χ4n) is 0.277. The Kier molecular flexibility index (Phi) is 4.72. The highest BCUT2D eigenvalue weighted by molar-refractivity contribution is 9.28. The number of esters is 1. The first kappa shape index (κ1) is 9.97. The molecule has 0 heterocycles. The molecule has 5 heteroatoms. The van der Waals surface area contributed by atoms with Crippen LogP contribution in [0.25, 0.3) is 0 Å². The topological polar surface area (TPSA) is 46.5 Å². The van der Waals surface area contributed by atoms with Gasteiger partial charge in [-0.3, -0.25) is 0 Å². The number of aliphatic hydroxyl groups excluding tert-OH is 1. The normalized spacial score (nSPS) is 8.70. The van der Waals surface area contributed by atoms with E-state index in [1.54, 1.807) is 6.92 Å². The van der Waals surface area contributed by atoms with Gasteiger partial charge < -0.3 is 9.84 Å². The number of aliphatic hydroxyl groups is 1. The van der Waals surface area contributed by atoms with Gasteiger partial charge in [0.2, 0.25) is 5.76 Å². The number of rotatable bonds is 2. The molecule has 0 bridgehead atoms. The number of carbonyl (C=O) groups excluding carboxylic acids is 1. The summed E-state index contributed by atoms with van der Waals surface area (Å²) in [6.07, 6.45) is 0. The summed E-state index contributed by atoms with van der Waals surface area (Å²) in [5, 5.41) is 8.84. The molecule has 58 valence electrons. The van der Waals surface area contributed by atoms with Crippen molar-refractivity contribution in [3.8, 4) is 0 Å². The van der Waals surface area contributed by atoms with Crippen LogP contribution in [0.3, 0.4) is 0 Å². The van der Waals surface area contributed by atoms with E-state index in [1.807, 2.05) is 0 Å². The van der Waals surface area contributed by atoms with Gasteiger partial charge in [-0.05, 0) is 38.8 Å². The fraction of sp³-hybridized carbons (Fsp3) is 0.400. The van der Waals surface area contributed by atoms with Crippen LogP contribution in [0.15, 0.2) is 9.15 Å². The zero-order valence-corrected chi connectivity index (χ0v) is 8.40. The van der Waals surface area contributed by atoms with Crippen molar-refractivity contribution in [2.24, 2.45) is 0 Å². The Morgan fingerprint density at radius 2 is 2.10 bits per heavy atom. The third-order valence-electron chi connectivity index (χ3n) is 0.648. The molecule has 1 N–H and O–H groups in total. The molecule has 0 saturated heterocycles. The number of halogens is 2. The Labute approximate surface area is 75.3 Å². The minimum atomic E-state index is -0.744. The Bertz CT molecular complexity index is 160. The van der Waals surface area contributed by atoms with Gasteiger partial charge in [-0.15, -0.1) is 0 Å². The summed E-state index contributed by atoms with van der Waals surface area (Å²) in [4.78, 5) is 10.6. The van der Waals surface area contributed by atoms with Crippen LogP contribution < -0.4 is 0 Å². The summed E-state index contributed by atoms with van der Waals surface area (Å²) in [5.74, 6) is -1.20. The van der Waals surface area contributed by atoms with Crippen molar-refractivity contribution in [3.05, 3.63) is 9.15 Å². The molecule has 0 fully saturated rings. The Morgan fingerprint density at radius 3 is 2.40 bits per heavy atom. The third-order valence-corrected chi connectivity index (χ3v) is 1.40. The van der Waals surface area contributed by atoms with Crippen LogP contribution in [-0.4, -0.2) is 17.7 Å². The number of hydrogen-bond acceptors (Lipinski definition) is 3. The summed E-state index contributed by atoms with van der Waals surface area (Å²) in [6, 6.07) is 0. The van der Waals surface area contributed by atoms with E-state index in [-0.39, 0.29) is 10.00 Å². The van der Waals surface area contributed by atoms with Crippen LogP contribution >= 0.6 is 31.9 Å². The van der Waals surface area contributed by atoms with Crippen molar-refractivity contribution in [2.45, 2.75) is 6.92 Å². The fourth-order valence-corrected chi connectivity index (χ4v) is 0.600. The third kappa shape index (κ3) is 3.22. The monoisotopic (exact) mass is 272 g/mol. The average molecular weight is 274 g/mol. The molecule has 3 nitrogen and oxygen atoms in total. The zero-order chi connectivity index (χ0) is 8.15. The van der Waals surface area contributed by atoms with Crippen LogP contribution in [-0.2, 0) is 9.53 Å². The smallest absolute Gasteiger partial charge is 0.375 e. The van der Waals surface area contributed by atoms with E-state index in [0.717, 1.165) is 0 Å². The first-order valence-electron chi connectivity index (χ1n) is 2.51. The van der Waals surface area contributed by atoms with Crippen molar-refractivity contribution < 1.29 is 14.6 Å². The largest absolute Gasteiger partial charge is 0.501 e. The van der Waals surface area contributed by atoms with E-state index in [4.69, 9.17) is 5.11 Å². The van der Waals surface area contributed by atoms with Gasteiger partial charge in [-0.1, -0.05) is 0 Å². The lowest BCUT2D eigenvalue weighted by Gasteiger charge is -1.98. The van der Waals surface area contributed by atoms with E-state index in [1.165, 1.54) is 0 Å². The van der Waals surface area contributed by atoms with E-state index in [2.05, 4.69) is 36.6 Å². The first-order chi connectivity index (χ1) is 4.59. The highest BCUT2D eigenvalue weighted by atomic mass is 79.9. The van der Waals surface area contributed by atoms with Gasteiger partial charge in [0.05, 0.1) is 6.61 Å². The second-order valence-corrected chi connectivity index (χ2v) is 3.98. The molecule has 0 aromatic rings. The lowest BCUT2D eigenvalue weighted by atomic mass is 10.6. The van der Waals surface area contributed by atoms with Crippen LogP contribution in [0.4, 0.5) is 0 Å². The maximum Gasteiger partial charge on any atom is 0.375 e. The van der Waals surface area contributed by atoms with Crippen LogP contribution in [0.1, 0.15) is 6.92 Å². The molecule has 0 spiro atoms. The van der Waals surface area contributed by atoms with Gasteiger partial charge in [0.15, 0.2) is 0 Å². The lowest BCUT2D eigenvalue weighted by molar-refractivity contribution is -0.141. The zero-order valence-electron chi connectivity index (χ0n) is 5.23. The molecule has 0 saturated carbocycles. The van der Waals surface area contributed by atoms with E-state index >= 15 is 0 Å². The highest BCUT2D eigenvalue weighted by Gasteiger charge is 2.10. The molecule has 0 atom stereocenters. The minimum Gasteiger partial charge on any atom is -0.501 e. The van der Waals surface area contributed by atoms with Gasteiger partial charge in [0.25, 0.3) is 0 Å². The summed E-state index contributed by atoms with van der Waals surface area (Å²) < 4.78 is 4.65. The van der Waals surface area contributed by atoms with Gasteiger partial charge in [-0.2, -0.15) is 0 Å². The lowest BCUT2D eigenvalue weighted by Crippen LogP contribution is -2.07. The van der Waals surface area contributed by atoms with Gasteiger partial charge >= 0.3 is 5.97 Å². The molecule has 0 radical (unpaired) electrons. The van der Waals surface area contributed by atoms with Crippen molar-refractivity contribution in [1.82, 2.24) is 0 Å². The van der Waals surface area contributed by atoms with E-state index < -0.39 is 11.7 Å². The van der Waals surface area contributed by atoms with E-state index in [9.17, 15) is 4.79 Å². The van der Waals surface area contributed by atoms with Crippen LogP contribution in [0.5, 0.6) is 0 Å². The van der Waals surface area contributed by atoms with Crippen molar-refractivity contribution in [1.29, 1.82) is 0 Å². The maximum absolute atomic E-state index is 10.6. The summed E-state index contributed by atoms with van der Waals surface area (Å²) in [6.45, 7) is 1.91. The van der Waals surface area contributed by atoms with Gasteiger partial charge in [0, 0.05) is 0 Å². The summed E-state index contributed by atoms with van der Waals surface area (Å²) >= 11 is 5.71. The molecule has 0 unspecified atom stereocenters. The van der Waals surface area contributed by atoms with Crippen LogP contribution in [0.2, 0.25) is 0 Å². The molecular weight excluding hydrogens is 268 g/mol. The molecule has 0 aliphatic rings. The molecule has 0 amide bonds. The maximum atomic E-state index is 10.6. The molecule has 0 aliphatic carbocycles. The Balaban J connectivity index is 4.09. The van der Waals surface area contributed by atoms with E-state index in [0.29, 0.717) is 0 Å². The molecule has 0 aromatic heterocycles. The average Bonchev–Trinajstić information content (AvgIpc) is 1.87. The van der Waals surface area contributed by atoms with Gasteiger partial charge in [0.1, 0.15) is 3.39 Å².